The van der Waals surface area contributed by atoms with Crippen molar-refractivity contribution in [2.75, 3.05) is 0 Å². The summed E-state index contributed by atoms with van der Waals surface area (Å²) in [5.41, 5.74) is 0.949. The molecule has 0 aliphatic rings. The SMILES string of the molecule is Cc1ccc(S(=O)(=O)Oc2cc(=O)oc3c2ccc2occc23)cc1. The van der Waals surface area contributed by atoms with E-state index in [4.69, 9.17) is 13.0 Å². The maximum atomic E-state index is 12.5. The molecule has 2 aromatic carbocycles. The molecular weight excluding hydrogens is 344 g/mol. The number of rotatable bonds is 3. The smallest absolute Gasteiger partial charge is 0.340 e. The Hall–Kier alpha value is -3.06. The summed E-state index contributed by atoms with van der Waals surface area (Å²) in [4.78, 5) is 11.9. The monoisotopic (exact) mass is 356 g/mol. The van der Waals surface area contributed by atoms with Crippen LogP contribution in [0.3, 0.4) is 0 Å². The number of benzene rings is 2. The van der Waals surface area contributed by atoms with Crippen LogP contribution < -0.4 is 9.81 Å². The quantitative estimate of drug-likeness (QED) is 0.412. The summed E-state index contributed by atoms with van der Waals surface area (Å²) in [5, 5.41) is 0.928. The predicted octanol–water partition coefficient (Wildman–Crippen LogP) is 3.62. The zero-order valence-electron chi connectivity index (χ0n) is 13.1. The van der Waals surface area contributed by atoms with Crippen LogP contribution >= 0.6 is 0 Å². The van der Waals surface area contributed by atoms with Crippen LogP contribution in [0.25, 0.3) is 21.9 Å². The lowest BCUT2D eigenvalue weighted by Gasteiger charge is -2.09. The molecule has 2 aromatic heterocycles. The van der Waals surface area contributed by atoms with Crippen LogP contribution in [0.4, 0.5) is 0 Å². The molecular formula is C18H12O6S. The van der Waals surface area contributed by atoms with E-state index in [0.29, 0.717) is 16.4 Å². The van der Waals surface area contributed by atoms with Crippen LogP contribution in [0.15, 0.2) is 73.3 Å². The highest BCUT2D eigenvalue weighted by molar-refractivity contribution is 7.87. The summed E-state index contributed by atoms with van der Waals surface area (Å²) < 4.78 is 40.7. The van der Waals surface area contributed by atoms with Crippen LogP contribution in [0, 0.1) is 6.92 Å². The fourth-order valence-electron chi connectivity index (χ4n) is 2.58. The first-order chi connectivity index (χ1) is 11.9. The zero-order chi connectivity index (χ0) is 17.6. The van der Waals surface area contributed by atoms with E-state index in [2.05, 4.69) is 0 Å². The molecule has 0 aliphatic carbocycles. The highest BCUT2D eigenvalue weighted by atomic mass is 32.2. The second kappa shape index (κ2) is 5.49. The van der Waals surface area contributed by atoms with Gasteiger partial charge in [0, 0.05) is 0 Å². The fraction of sp³-hybridized carbons (Fsp3) is 0.0556. The molecule has 0 fully saturated rings. The van der Waals surface area contributed by atoms with Crippen molar-refractivity contribution in [3.8, 4) is 5.75 Å². The Morgan fingerprint density at radius 3 is 2.48 bits per heavy atom. The molecule has 0 bridgehead atoms. The normalized spacial score (nSPS) is 11.9. The number of furan rings is 1. The Morgan fingerprint density at radius 2 is 1.72 bits per heavy atom. The van der Waals surface area contributed by atoms with Crippen LogP contribution in [-0.4, -0.2) is 8.42 Å². The van der Waals surface area contributed by atoms with Crippen molar-refractivity contribution in [3.05, 3.63) is 70.8 Å². The van der Waals surface area contributed by atoms with Crippen LogP contribution in [0.1, 0.15) is 5.56 Å². The Bertz CT molecular complexity index is 1250. The second-order valence-corrected chi connectivity index (χ2v) is 7.10. The van der Waals surface area contributed by atoms with Crippen molar-refractivity contribution in [1.29, 1.82) is 0 Å². The molecule has 0 amide bonds. The fourth-order valence-corrected chi connectivity index (χ4v) is 3.52. The minimum Gasteiger partial charge on any atom is -0.464 e. The van der Waals surface area contributed by atoms with Gasteiger partial charge in [-0.05, 0) is 37.3 Å². The number of fused-ring (bicyclic) bond motifs is 3. The van der Waals surface area contributed by atoms with Gasteiger partial charge in [0.25, 0.3) is 0 Å². The van der Waals surface area contributed by atoms with Crippen LogP contribution in [-0.2, 0) is 10.1 Å². The third kappa shape index (κ3) is 2.68. The molecule has 0 unspecified atom stereocenters. The average Bonchev–Trinajstić information content (AvgIpc) is 3.04. The maximum Gasteiger partial charge on any atom is 0.340 e. The van der Waals surface area contributed by atoms with E-state index in [1.165, 1.54) is 18.4 Å². The van der Waals surface area contributed by atoms with Gasteiger partial charge in [0.15, 0.2) is 11.3 Å². The van der Waals surface area contributed by atoms with Crippen molar-refractivity contribution in [1.82, 2.24) is 0 Å². The van der Waals surface area contributed by atoms with Gasteiger partial charge in [-0.1, -0.05) is 17.7 Å². The zero-order valence-corrected chi connectivity index (χ0v) is 13.9. The first-order valence-corrected chi connectivity index (χ1v) is 8.80. The average molecular weight is 356 g/mol. The van der Waals surface area contributed by atoms with Gasteiger partial charge in [0.2, 0.25) is 0 Å². The molecule has 25 heavy (non-hydrogen) atoms. The highest BCUT2D eigenvalue weighted by Gasteiger charge is 2.20. The summed E-state index contributed by atoms with van der Waals surface area (Å²) in [6, 6.07) is 12.1. The first-order valence-electron chi connectivity index (χ1n) is 7.39. The molecule has 0 aliphatic heterocycles. The summed E-state index contributed by atoms with van der Waals surface area (Å²) in [7, 11) is -4.08. The number of aryl methyl sites for hydroxylation is 1. The summed E-state index contributed by atoms with van der Waals surface area (Å²) in [5.74, 6) is -0.0880. The van der Waals surface area contributed by atoms with Gasteiger partial charge >= 0.3 is 15.7 Å². The van der Waals surface area contributed by atoms with E-state index in [1.807, 2.05) is 6.92 Å². The molecule has 0 spiro atoms. The lowest BCUT2D eigenvalue weighted by Crippen LogP contribution is -2.11. The van der Waals surface area contributed by atoms with Gasteiger partial charge in [-0.3, -0.25) is 0 Å². The Kier molecular flexibility index (Phi) is 3.40. The minimum absolute atomic E-state index is 0.00359. The molecule has 0 saturated heterocycles. The third-order valence-corrected chi connectivity index (χ3v) is 5.06. The molecule has 0 atom stereocenters. The lowest BCUT2D eigenvalue weighted by atomic mass is 10.1. The highest BCUT2D eigenvalue weighted by Crippen LogP contribution is 2.32. The van der Waals surface area contributed by atoms with Gasteiger partial charge in [-0.2, -0.15) is 8.42 Å². The van der Waals surface area contributed by atoms with E-state index < -0.39 is 15.7 Å². The molecule has 2 heterocycles. The molecule has 0 N–H and O–H groups in total. The van der Waals surface area contributed by atoms with Gasteiger partial charge in [-0.15, -0.1) is 0 Å². The van der Waals surface area contributed by atoms with Gasteiger partial charge in [0.1, 0.15) is 10.5 Å². The van der Waals surface area contributed by atoms with Crippen molar-refractivity contribution in [2.24, 2.45) is 0 Å². The van der Waals surface area contributed by atoms with Crippen molar-refractivity contribution < 1.29 is 21.4 Å². The van der Waals surface area contributed by atoms with Crippen LogP contribution in [0.5, 0.6) is 5.75 Å². The predicted molar refractivity (Wildman–Crippen MR) is 91.2 cm³/mol. The minimum atomic E-state index is -4.08. The summed E-state index contributed by atoms with van der Waals surface area (Å²) >= 11 is 0. The van der Waals surface area contributed by atoms with Crippen molar-refractivity contribution in [2.45, 2.75) is 11.8 Å². The van der Waals surface area contributed by atoms with E-state index >= 15 is 0 Å². The summed E-state index contributed by atoms with van der Waals surface area (Å²) in [6.07, 6.45) is 1.46. The largest absolute Gasteiger partial charge is 0.464 e. The number of hydrogen-bond donors (Lipinski definition) is 0. The van der Waals surface area contributed by atoms with E-state index in [0.717, 1.165) is 11.6 Å². The Labute approximate surface area is 142 Å². The van der Waals surface area contributed by atoms with E-state index in [-0.39, 0.29) is 16.2 Å². The second-order valence-electron chi connectivity index (χ2n) is 5.55. The van der Waals surface area contributed by atoms with Gasteiger partial charge in [0.05, 0.1) is 23.1 Å². The Morgan fingerprint density at radius 1 is 0.960 bits per heavy atom. The molecule has 4 rings (SSSR count). The molecule has 126 valence electrons. The molecule has 4 aromatic rings. The first kappa shape index (κ1) is 15.5. The third-order valence-electron chi connectivity index (χ3n) is 3.81. The van der Waals surface area contributed by atoms with Gasteiger partial charge < -0.3 is 13.0 Å². The topological polar surface area (TPSA) is 86.7 Å². The van der Waals surface area contributed by atoms with Crippen molar-refractivity contribution in [3.63, 3.8) is 0 Å². The maximum absolute atomic E-state index is 12.5. The lowest BCUT2D eigenvalue weighted by molar-refractivity contribution is 0.482. The Balaban J connectivity index is 1.89. The van der Waals surface area contributed by atoms with E-state index in [9.17, 15) is 13.2 Å². The van der Waals surface area contributed by atoms with E-state index in [1.54, 1.807) is 30.3 Å². The van der Waals surface area contributed by atoms with Crippen LogP contribution in [0.2, 0.25) is 0 Å². The molecule has 7 heteroatoms. The molecule has 0 saturated carbocycles. The number of hydrogen-bond acceptors (Lipinski definition) is 6. The molecule has 6 nitrogen and oxygen atoms in total. The van der Waals surface area contributed by atoms with Gasteiger partial charge in [-0.25, -0.2) is 4.79 Å². The summed E-state index contributed by atoms with van der Waals surface area (Å²) in [6.45, 7) is 1.85. The van der Waals surface area contributed by atoms with Crippen molar-refractivity contribution >= 4 is 32.1 Å². The molecule has 0 radical (unpaired) electrons. The standard InChI is InChI=1S/C18H12O6S/c1-11-2-4-12(5-3-11)25(20,21)24-16-10-17(19)23-18-13(16)6-7-15-14(18)8-9-22-15/h2-10H,1H3.